The number of carboxylic acid groups (broad SMARTS) is 1. The lowest BCUT2D eigenvalue weighted by molar-refractivity contribution is -0.140. The maximum absolute atomic E-state index is 13.2. The van der Waals surface area contributed by atoms with Crippen molar-refractivity contribution in [2.24, 2.45) is 5.92 Å². The van der Waals surface area contributed by atoms with Crippen LogP contribution in [0.4, 0.5) is 13.9 Å². The second kappa shape index (κ2) is 11.8. The average Bonchev–Trinajstić information content (AvgIpc) is 3.59. The van der Waals surface area contributed by atoms with Crippen LogP contribution >= 0.6 is 11.3 Å². The highest BCUT2D eigenvalue weighted by Gasteiger charge is 2.28. The van der Waals surface area contributed by atoms with E-state index in [0.29, 0.717) is 39.2 Å². The van der Waals surface area contributed by atoms with Gasteiger partial charge in [0.15, 0.2) is 5.13 Å². The van der Waals surface area contributed by atoms with Crippen LogP contribution in [0.15, 0.2) is 64.7 Å². The van der Waals surface area contributed by atoms with Gasteiger partial charge >= 0.3 is 12.6 Å². The molecular formula is C26H23F2N3O6S. The molecule has 0 saturated carbocycles. The van der Waals surface area contributed by atoms with Crippen molar-refractivity contribution in [3.63, 3.8) is 0 Å². The molecule has 3 aromatic heterocycles. The molecule has 0 saturated heterocycles. The number of thiazole rings is 1. The van der Waals surface area contributed by atoms with Gasteiger partial charge in [0.25, 0.3) is 0 Å². The quantitative estimate of drug-likeness (QED) is 0.268. The van der Waals surface area contributed by atoms with Crippen molar-refractivity contribution in [3.8, 4) is 34.0 Å². The Morgan fingerprint density at radius 3 is 2.63 bits per heavy atom. The number of nitrogens with zero attached hydrogens (tertiary/aromatic N) is 3. The van der Waals surface area contributed by atoms with E-state index in [2.05, 4.69) is 14.7 Å². The normalized spacial score (nSPS) is 11.8. The highest BCUT2D eigenvalue weighted by molar-refractivity contribution is 7.14. The van der Waals surface area contributed by atoms with Crippen LogP contribution in [0.5, 0.6) is 11.6 Å². The molecule has 38 heavy (non-hydrogen) atoms. The molecule has 9 nitrogen and oxygen atoms in total. The third kappa shape index (κ3) is 6.32. The summed E-state index contributed by atoms with van der Waals surface area (Å²) in [5.41, 5.74) is 2.23. The molecule has 1 atom stereocenters. The van der Waals surface area contributed by atoms with Crippen LogP contribution in [-0.4, -0.2) is 47.7 Å². The molecule has 0 aliphatic heterocycles. The molecule has 198 valence electrons. The number of furan rings is 1. The topological polar surface area (TPSA) is 115 Å². The number of hydrogen-bond donors (Lipinski definition) is 1. The lowest BCUT2D eigenvalue weighted by Crippen LogP contribution is -2.35. The average molecular weight is 544 g/mol. The highest BCUT2D eigenvalue weighted by Crippen LogP contribution is 2.37. The van der Waals surface area contributed by atoms with Gasteiger partial charge in [-0.05, 0) is 42.0 Å². The first-order valence-corrected chi connectivity index (χ1v) is 12.2. The summed E-state index contributed by atoms with van der Waals surface area (Å²) in [6, 6.07) is 11.3. The van der Waals surface area contributed by atoms with Crippen LogP contribution in [0.1, 0.15) is 12.2 Å². The molecule has 0 aliphatic carbocycles. The van der Waals surface area contributed by atoms with Crippen LogP contribution in [0.3, 0.4) is 0 Å². The second-order valence-corrected chi connectivity index (χ2v) is 9.00. The van der Waals surface area contributed by atoms with Crippen molar-refractivity contribution in [1.82, 2.24) is 9.97 Å². The van der Waals surface area contributed by atoms with Crippen LogP contribution in [-0.2, 0) is 16.0 Å². The van der Waals surface area contributed by atoms with E-state index in [1.165, 1.54) is 37.5 Å². The minimum atomic E-state index is -3.01. The number of carbonyl (C=O) groups is 2. The molecule has 0 bridgehead atoms. The number of amides is 1. The maximum Gasteiger partial charge on any atom is 0.387 e. The number of ether oxygens (including phenoxy) is 2. The molecule has 0 spiro atoms. The molecule has 0 radical (unpaired) electrons. The van der Waals surface area contributed by atoms with Crippen molar-refractivity contribution in [2.45, 2.75) is 19.5 Å². The van der Waals surface area contributed by atoms with Crippen LogP contribution in [0, 0.1) is 5.92 Å². The predicted molar refractivity (Wildman–Crippen MR) is 136 cm³/mol. The van der Waals surface area contributed by atoms with E-state index in [1.54, 1.807) is 41.9 Å². The van der Waals surface area contributed by atoms with Crippen molar-refractivity contribution in [2.75, 3.05) is 19.1 Å². The third-order valence-electron chi connectivity index (χ3n) is 5.66. The number of methoxy groups -OCH3 is 1. The van der Waals surface area contributed by atoms with Crippen molar-refractivity contribution in [3.05, 3.63) is 66.1 Å². The van der Waals surface area contributed by atoms with Gasteiger partial charge in [-0.15, -0.1) is 11.3 Å². The van der Waals surface area contributed by atoms with Gasteiger partial charge < -0.3 is 19.0 Å². The largest absolute Gasteiger partial charge is 0.481 e. The number of alkyl halides is 2. The number of anilines is 1. The summed E-state index contributed by atoms with van der Waals surface area (Å²) in [6.45, 7) is -3.01. The van der Waals surface area contributed by atoms with E-state index in [9.17, 15) is 23.5 Å². The molecule has 0 fully saturated rings. The van der Waals surface area contributed by atoms with Gasteiger partial charge in [-0.25, -0.2) is 9.97 Å². The number of aliphatic carboxylic acids is 1. The zero-order chi connectivity index (χ0) is 27.2. The summed E-state index contributed by atoms with van der Waals surface area (Å²) >= 11 is 1.15. The minimum absolute atomic E-state index is 0.0563. The van der Waals surface area contributed by atoms with Gasteiger partial charge in [-0.3, -0.25) is 14.5 Å². The van der Waals surface area contributed by atoms with Gasteiger partial charge in [0.05, 0.1) is 31.4 Å². The molecule has 0 unspecified atom stereocenters. The maximum atomic E-state index is 13.2. The van der Waals surface area contributed by atoms with E-state index < -0.39 is 24.4 Å². The number of pyridine rings is 1. The van der Waals surface area contributed by atoms with Crippen molar-refractivity contribution < 1.29 is 37.4 Å². The Kier molecular flexibility index (Phi) is 8.31. The van der Waals surface area contributed by atoms with Gasteiger partial charge in [-0.2, -0.15) is 8.78 Å². The summed E-state index contributed by atoms with van der Waals surface area (Å²) < 4.78 is 40.8. The molecule has 0 aliphatic rings. The Labute approximate surface area is 220 Å². The molecule has 3 heterocycles. The number of benzene rings is 1. The zero-order valence-corrected chi connectivity index (χ0v) is 21.2. The minimum Gasteiger partial charge on any atom is -0.481 e. The summed E-state index contributed by atoms with van der Waals surface area (Å²) in [5.74, 6) is -1.59. The number of hydrogen-bond acceptors (Lipinski definition) is 8. The Morgan fingerprint density at radius 2 is 2.00 bits per heavy atom. The van der Waals surface area contributed by atoms with E-state index in [4.69, 9.17) is 9.15 Å². The summed E-state index contributed by atoms with van der Waals surface area (Å²) in [7, 11) is 3.00. The zero-order valence-electron chi connectivity index (χ0n) is 20.3. The number of halogens is 2. The molecule has 1 aromatic carbocycles. The van der Waals surface area contributed by atoms with E-state index in [1.807, 2.05) is 0 Å². The van der Waals surface area contributed by atoms with Gasteiger partial charge in [-0.1, -0.05) is 0 Å². The second-order valence-electron chi connectivity index (χ2n) is 8.17. The molecule has 1 N–H and O–H groups in total. The van der Waals surface area contributed by atoms with Crippen molar-refractivity contribution in [1.29, 1.82) is 0 Å². The highest BCUT2D eigenvalue weighted by atomic mass is 32.1. The lowest BCUT2D eigenvalue weighted by atomic mass is 9.98. The summed E-state index contributed by atoms with van der Waals surface area (Å²) in [4.78, 5) is 34.7. The fourth-order valence-corrected chi connectivity index (χ4v) is 4.66. The van der Waals surface area contributed by atoms with E-state index in [0.717, 1.165) is 11.3 Å². The van der Waals surface area contributed by atoms with Gasteiger partial charge in [0.1, 0.15) is 11.5 Å². The standard InChI is InChI=1S/C26H23F2N3O6S/c1-31(24(34)16(11-23(32)33)10-17-4-3-9-36-17)26-30-21(14-38-26)20-12-18(37-25(27)28)6-7-19(20)15-5-8-22(35-2)29-13-15/h3-9,12-14,16,25H,10-11H2,1-2H3,(H,32,33)/t16-/m1/s1. The first-order chi connectivity index (χ1) is 18.2. The smallest absolute Gasteiger partial charge is 0.387 e. The van der Waals surface area contributed by atoms with Gasteiger partial charge in [0, 0.05) is 42.2 Å². The molecule has 1 amide bonds. The SMILES string of the molecule is COc1ccc(-c2ccc(OC(F)F)cc2-c2csc(N(C)C(=O)[C@@H](CC(=O)O)Cc3ccco3)n2)cn1. The summed E-state index contributed by atoms with van der Waals surface area (Å²) in [5, 5.41) is 11.3. The molecule has 4 aromatic rings. The predicted octanol–water partition coefficient (Wildman–Crippen LogP) is 5.37. The Hall–Kier alpha value is -4.32. The fraction of sp³-hybridized carbons (Fsp3) is 0.231. The van der Waals surface area contributed by atoms with E-state index in [-0.39, 0.29) is 18.6 Å². The number of carboxylic acids is 1. The van der Waals surface area contributed by atoms with Crippen LogP contribution in [0.25, 0.3) is 22.4 Å². The number of rotatable bonds is 11. The first kappa shape index (κ1) is 26.7. The third-order valence-corrected chi connectivity index (χ3v) is 6.57. The Bertz CT molecular complexity index is 1390. The molecule has 4 rings (SSSR count). The lowest BCUT2D eigenvalue weighted by Gasteiger charge is -2.20. The molecule has 12 heteroatoms. The number of carbonyl (C=O) groups excluding carboxylic acids is 1. The van der Waals surface area contributed by atoms with Crippen LogP contribution < -0.4 is 14.4 Å². The Morgan fingerprint density at radius 1 is 1.18 bits per heavy atom. The first-order valence-electron chi connectivity index (χ1n) is 11.3. The monoisotopic (exact) mass is 543 g/mol. The van der Waals surface area contributed by atoms with Gasteiger partial charge in [0.2, 0.25) is 11.8 Å². The summed E-state index contributed by atoms with van der Waals surface area (Å²) in [6.07, 6.45) is 2.77. The van der Waals surface area contributed by atoms with Crippen LogP contribution in [0.2, 0.25) is 0 Å². The molecular weight excluding hydrogens is 520 g/mol. The number of aromatic nitrogens is 2. The Balaban J connectivity index is 1.66. The fourth-order valence-electron chi connectivity index (χ4n) is 3.86. The van der Waals surface area contributed by atoms with Crippen molar-refractivity contribution >= 4 is 28.3 Å². The van der Waals surface area contributed by atoms with E-state index >= 15 is 0 Å².